The number of carbonyl (C=O) groups excluding carboxylic acids is 1. The van der Waals surface area contributed by atoms with E-state index in [9.17, 15) is 9.59 Å². The molecule has 0 fully saturated rings. The first-order valence-corrected chi connectivity index (χ1v) is 11.1. The molecule has 3 heterocycles. The van der Waals surface area contributed by atoms with Gasteiger partial charge in [-0.2, -0.15) is 5.10 Å². The molecule has 7 nitrogen and oxygen atoms in total. The molecule has 4 rings (SSSR count). The maximum atomic E-state index is 13.4. The van der Waals surface area contributed by atoms with Crippen molar-refractivity contribution >= 4 is 46.0 Å². The summed E-state index contributed by atoms with van der Waals surface area (Å²) in [7, 11) is 3.16. The van der Waals surface area contributed by atoms with E-state index in [0.717, 1.165) is 20.4 Å². The highest BCUT2D eigenvalue weighted by Gasteiger charge is 2.34. The number of thiazole rings is 1. The van der Waals surface area contributed by atoms with Crippen molar-refractivity contribution in [3.05, 3.63) is 81.8 Å². The average molecular weight is 534 g/mol. The van der Waals surface area contributed by atoms with Gasteiger partial charge in [0.2, 0.25) is 0 Å². The Labute approximate surface area is 190 Å². The van der Waals surface area contributed by atoms with Crippen molar-refractivity contribution in [1.29, 1.82) is 0 Å². The van der Waals surface area contributed by atoms with Crippen LogP contribution < -0.4 is 14.9 Å². The number of aromatic nitrogens is 3. The number of halogens is 1. The molecule has 0 saturated carbocycles. The molecule has 1 unspecified atom stereocenters. The third kappa shape index (κ3) is 3.45. The Morgan fingerprint density at radius 2 is 1.97 bits per heavy atom. The average Bonchev–Trinajstić information content (AvgIpc) is 3.21. The van der Waals surface area contributed by atoms with Gasteiger partial charge in [-0.05, 0) is 60.2 Å². The zero-order valence-electron chi connectivity index (χ0n) is 16.8. The normalized spacial score (nSPS) is 16.4. The van der Waals surface area contributed by atoms with Crippen molar-refractivity contribution in [2.45, 2.75) is 19.9 Å². The van der Waals surface area contributed by atoms with Crippen LogP contribution in [0.1, 0.15) is 29.8 Å². The summed E-state index contributed by atoms with van der Waals surface area (Å²) in [6, 6.07) is 7.28. The predicted molar refractivity (Wildman–Crippen MR) is 123 cm³/mol. The summed E-state index contributed by atoms with van der Waals surface area (Å²) in [5, 5.41) is 4.31. The van der Waals surface area contributed by atoms with Gasteiger partial charge in [0.1, 0.15) is 6.04 Å². The molecule has 0 spiro atoms. The van der Waals surface area contributed by atoms with Crippen LogP contribution in [0.2, 0.25) is 0 Å². The summed E-state index contributed by atoms with van der Waals surface area (Å²) in [4.78, 5) is 31.2. The Morgan fingerprint density at radius 1 is 1.27 bits per heavy atom. The van der Waals surface area contributed by atoms with Crippen molar-refractivity contribution in [3.8, 4) is 0 Å². The van der Waals surface area contributed by atoms with Crippen LogP contribution in [-0.4, -0.2) is 27.4 Å². The molecule has 9 heteroatoms. The number of allylic oxidation sites excluding steroid dienone is 1. The highest BCUT2D eigenvalue weighted by atomic mass is 127. The van der Waals surface area contributed by atoms with Crippen LogP contribution in [0.4, 0.5) is 0 Å². The minimum absolute atomic E-state index is 0.195. The number of rotatable bonds is 3. The number of fused-ring (bicyclic) bond motifs is 1. The minimum atomic E-state index is -0.638. The van der Waals surface area contributed by atoms with E-state index in [2.05, 4.69) is 32.7 Å². The van der Waals surface area contributed by atoms with Gasteiger partial charge in [-0.3, -0.25) is 14.0 Å². The summed E-state index contributed by atoms with van der Waals surface area (Å²) in [6.45, 7) is 3.68. The van der Waals surface area contributed by atoms with Crippen LogP contribution in [-0.2, 0) is 16.6 Å². The van der Waals surface area contributed by atoms with Gasteiger partial charge in [0, 0.05) is 21.9 Å². The SMILES string of the molecule is COC(=O)C1=C(C)N=c2s/c(=C/c3ccc(I)cc3)c(=O)n2C1c1cnn(C)c1C. The standard InChI is InChI=1S/C21H19IN4O3S/c1-11-17(20(28)29-4)18(15-10-23-25(3)12(15)2)26-19(27)16(30-21(26)24-11)9-13-5-7-14(22)8-6-13/h5-10,18H,1-4H3/b16-9+. The first kappa shape index (κ1) is 20.7. The first-order chi connectivity index (χ1) is 14.3. The van der Waals surface area contributed by atoms with Crippen LogP contribution in [0.5, 0.6) is 0 Å². The molecule has 0 saturated heterocycles. The van der Waals surface area contributed by atoms with Gasteiger partial charge in [0.25, 0.3) is 5.56 Å². The summed E-state index contributed by atoms with van der Waals surface area (Å²) in [6.07, 6.45) is 3.54. The van der Waals surface area contributed by atoms with Crippen molar-refractivity contribution < 1.29 is 9.53 Å². The molecule has 0 aliphatic carbocycles. The van der Waals surface area contributed by atoms with Crippen molar-refractivity contribution in [2.24, 2.45) is 12.0 Å². The summed E-state index contributed by atoms with van der Waals surface area (Å²) >= 11 is 3.55. The van der Waals surface area contributed by atoms with Gasteiger partial charge >= 0.3 is 5.97 Å². The minimum Gasteiger partial charge on any atom is -0.466 e. The summed E-state index contributed by atoms with van der Waals surface area (Å²) < 4.78 is 10.00. The highest BCUT2D eigenvalue weighted by molar-refractivity contribution is 14.1. The predicted octanol–water partition coefficient (Wildman–Crippen LogP) is 2.05. The topological polar surface area (TPSA) is 78.5 Å². The molecule has 2 aromatic heterocycles. The second-order valence-corrected chi connectivity index (χ2v) is 9.19. The maximum Gasteiger partial charge on any atom is 0.338 e. The molecule has 1 aliphatic rings. The van der Waals surface area contributed by atoms with E-state index in [-0.39, 0.29) is 5.56 Å². The Morgan fingerprint density at radius 3 is 2.57 bits per heavy atom. The van der Waals surface area contributed by atoms with Crippen LogP contribution >= 0.6 is 33.9 Å². The van der Waals surface area contributed by atoms with Gasteiger partial charge in [-0.1, -0.05) is 23.5 Å². The molecular formula is C21H19IN4O3S. The molecule has 0 N–H and O–H groups in total. The number of aryl methyl sites for hydroxylation is 1. The van der Waals surface area contributed by atoms with E-state index in [4.69, 9.17) is 4.74 Å². The fraction of sp³-hybridized carbons (Fsp3) is 0.238. The van der Waals surface area contributed by atoms with Crippen molar-refractivity contribution in [3.63, 3.8) is 0 Å². The van der Waals surface area contributed by atoms with Gasteiger partial charge < -0.3 is 4.74 Å². The zero-order valence-corrected chi connectivity index (χ0v) is 19.8. The van der Waals surface area contributed by atoms with Crippen LogP contribution in [0.25, 0.3) is 6.08 Å². The van der Waals surface area contributed by atoms with Gasteiger partial charge in [-0.15, -0.1) is 0 Å². The van der Waals surface area contributed by atoms with Gasteiger partial charge in [0.15, 0.2) is 4.80 Å². The molecular weight excluding hydrogens is 515 g/mol. The fourth-order valence-corrected chi connectivity index (χ4v) is 4.89. The fourth-order valence-electron chi connectivity index (χ4n) is 3.48. The summed E-state index contributed by atoms with van der Waals surface area (Å²) in [5.41, 5.74) is 3.26. The Hall–Kier alpha value is -2.53. The smallest absolute Gasteiger partial charge is 0.338 e. The lowest BCUT2D eigenvalue weighted by atomic mass is 9.96. The number of ether oxygens (including phenoxy) is 1. The zero-order chi connectivity index (χ0) is 21.6. The van der Waals surface area contributed by atoms with Gasteiger partial charge in [-0.25, -0.2) is 9.79 Å². The van der Waals surface area contributed by atoms with Crippen LogP contribution in [0, 0.1) is 10.5 Å². The number of carbonyl (C=O) groups is 1. The van der Waals surface area contributed by atoms with E-state index in [1.807, 2.05) is 44.3 Å². The van der Waals surface area contributed by atoms with Gasteiger partial charge in [0.05, 0.1) is 29.1 Å². The quantitative estimate of drug-likeness (QED) is 0.381. The monoisotopic (exact) mass is 534 g/mol. The first-order valence-electron chi connectivity index (χ1n) is 9.16. The molecule has 0 radical (unpaired) electrons. The molecule has 1 atom stereocenters. The highest BCUT2D eigenvalue weighted by Crippen LogP contribution is 2.32. The second-order valence-electron chi connectivity index (χ2n) is 6.93. The van der Waals surface area contributed by atoms with Crippen LogP contribution in [0.3, 0.4) is 0 Å². The molecule has 1 aliphatic heterocycles. The lowest BCUT2D eigenvalue weighted by molar-refractivity contribution is -0.136. The molecule has 30 heavy (non-hydrogen) atoms. The van der Waals surface area contributed by atoms with E-state index in [0.29, 0.717) is 20.6 Å². The third-order valence-electron chi connectivity index (χ3n) is 5.16. The number of nitrogens with zero attached hydrogens (tertiary/aromatic N) is 4. The lowest BCUT2D eigenvalue weighted by Crippen LogP contribution is -2.40. The number of esters is 1. The molecule has 0 amide bonds. The van der Waals surface area contributed by atoms with Crippen LogP contribution in [0.15, 0.2) is 51.5 Å². The molecule has 0 bridgehead atoms. The Bertz CT molecular complexity index is 1360. The third-order valence-corrected chi connectivity index (χ3v) is 6.86. The van der Waals surface area contributed by atoms with E-state index < -0.39 is 12.0 Å². The molecule has 3 aromatic rings. The van der Waals surface area contributed by atoms with Crippen molar-refractivity contribution in [2.75, 3.05) is 7.11 Å². The number of methoxy groups -OCH3 is 1. The Kier molecular flexibility index (Phi) is 5.49. The molecule has 1 aromatic carbocycles. The number of benzene rings is 1. The lowest BCUT2D eigenvalue weighted by Gasteiger charge is -2.23. The summed E-state index contributed by atoms with van der Waals surface area (Å²) in [5.74, 6) is -0.503. The van der Waals surface area contributed by atoms with E-state index in [1.54, 1.807) is 22.4 Å². The Balaban J connectivity index is 1.99. The maximum absolute atomic E-state index is 13.4. The number of hydrogen-bond acceptors (Lipinski definition) is 6. The van der Waals surface area contributed by atoms with E-state index in [1.165, 1.54) is 18.4 Å². The molecule has 154 valence electrons. The number of hydrogen-bond donors (Lipinski definition) is 0. The second kappa shape index (κ2) is 7.95. The largest absolute Gasteiger partial charge is 0.466 e. The van der Waals surface area contributed by atoms with E-state index >= 15 is 0 Å². The van der Waals surface area contributed by atoms with Crippen molar-refractivity contribution in [1.82, 2.24) is 14.3 Å².